The molecule has 20 heavy (non-hydrogen) atoms. The van der Waals surface area contributed by atoms with Crippen LogP contribution in [0.1, 0.15) is 13.3 Å². The first-order chi connectivity index (χ1) is 9.70. The molecule has 1 fully saturated rings. The molecule has 2 N–H and O–H groups in total. The number of nitrogens with two attached hydrogens (primary N) is 1. The Morgan fingerprint density at radius 3 is 3.00 bits per heavy atom. The molecule has 0 spiro atoms. The lowest BCUT2D eigenvalue weighted by Crippen LogP contribution is -2.44. The minimum Gasteiger partial charge on any atom is -0.396 e. The number of ether oxygens (including phenoxy) is 1. The summed E-state index contributed by atoms with van der Waals surface area (Å²) in [6.07, 6.45) is 3.20. The molecule has 2 unspecified atom stereocenters. The van der Waals surface area contributed by atoms with E-state index in [0.717, 1.165) is 41.8 Å². The third-order valence-corrected chi connectivity index (χ3v) is 4.34. The van der Waals surface area contributed by atoms with Crippen LogP contribution in [-0.2, 0) is 4.74 Å². The number of anilines is 2. The number of nitrogens with zero attached hydrogens (tertiary/aromatic N) is 2. The summed E-state index contributed by atoms with van der Waals surface area (Å²) in [5, 5.41) is 1.03. The Hall–Kier alpha value is -1.81. The maximum absolute atomic E-state index is 6.35. The summed E-state index contributed by atoms with van der Waals surface area (Å²) in [6, 6.07) is 8.08. The molecule has 4 heteroatoms. The number of pyridine rings is 1. The van der Waals surface area contributed by atoms with Crippen molar-refractivity contribution in [2.45, 2.75) is 19.4 Å². The first-order valence-corrected chi connectivity index (χ1v) is 7.11. The zero-order valence-corrected chi connectivity index (χ0v) is 12.0. The van der Waals surface area contributed by atoms with E-state index in [9.17, 15) is 0 Å². The predicted octanol–water partition coefficient (Wildman–Crippen LogP) is 2.68. The van der Waals surface area contributed by atoms with Gasteiger partial charge < -0.3 is 15.4 Å². The van der Waals surface area contributed by atoms with E-state index in [4.69, 9.17) is 10.5 Å². The van der Waals surface area contributed by atoms with Crippen LogP contribution in [0.25, 0.3) is 10.9 Å². The molecule has 106 valence electrons. The number of hydrogen-bond donors (Lipinski definition) is 1. The van der Waals surface area contributed by atoms with Crippen molar-refractivity contribution in [1.29, 1.82) is 0 Å². The van der Waals surface area contributed by atoms with Gasteiger partial charge in [-0.25, -0.2) is 0 Å². The average molecular weight is 271 g/mol. The number of rotatable bonds is 2. The number of fused-ring (bicyclic) bond motifs is 1. The molecule has 1 aliphatic rings. The molecule has 1 aromatic carbocycles. The minimum atomic E-state index is 0.271. The zero-order chi connectivity index (χ0) is 14.1. The van der Waals surface area contributed by atoms with Gasteiger partial charge in [0.05, 0.1) is 23.0 Å². The number of aromatic nitrogens is 1. The number of benzene rings is 1. The monoisotopic (exact) mass is 271 g/mol. The van der Waals surface area contributed by atoms with E-state index < -0.39 is 0 Å². The Kier molecular flexibility index (Phi) is 3.49. The van der Waals surface area contributed by atoms with E-state index in [2.05, 4.69) is 22.9 Å². The summed E-state index contributed by atoms with van der Waals surface area (Å²) >= 11 is 0. The Labute approximate surface area is 119 Å². The normalized spacial score (nSPS) is 23.2. The highest BCUT2D eigenvalue weighted by Crippen LogP contribution is 2.33. The van der Waals surface area contributed by atoms with E-state index >= 15 is 0 Å². The van der Waals surface area contributed by atoms with E-state index in [1.54, 1.807) is 13.3 Å². The van der Waals surface area contributed by atoms with Gasteiger partial charge in [-0.05, 0) is 36.6 Å². The SMILES string of the molecule is COC1CN(c2ccc3ncccc3c2N)CCC1C. The fourth-order valence-electron chi connectivity index (χ4n) is 3.00. The van der Waals surface area contributed by atoms with Crippen LogP contribution >= 0.6 is 0 Å². The van der Waals surface area contributed by atoms with Crippen LogP contribution in [-0.4, -0.2) is 31.3 Å². The molecule has 0 radical (unpaired) electrons. The van der Waals surface area contributed by atoms with Crippen LogP contribution in [0.5, 0.6) is 0 Å². The smallest absolute Gasteiger partial charge is 0.0772 e. The summed E-state index contributed by atoms with van der Waals surface area (Å²) in [4.78, 5) is 6.68. The molecule has 4 nitrogen and oxygen atoms in total. The Morgan fingerprint density at radius 2 is 2.20 bits per heavy atom. The molecule has 1 aromatic heterocycles. The van der Waals surface area contributed by atoms with Crippen molar-refractivity contribution in [3.63, 3.8) is 0 Å². The molecule has 0 bridgehead atoms. The fraction of sp³-hybridized carbons (Fsp3) is 0.438. The second-order valence-electron chi connectivity index (χ2n) is 5.55. The first-order valence-electron chi connectivity index (χ1n) is 7.11. The fourth-order valence-corrected chi connectivity index (χ4v) is 3.00. The molecule has 1 saturated heterocycles. The lowest BCUT2D eigenvalue weighted by atomic mass is 9.95. The van der Waals surface area contributed by atoms with Gasteiger partial charge in [-0.2, -0.15) is 0 Å². The van der Waals surface area contributed by atoms with Crippen LogP contribution in [0.4, 0.5) is 11.4 Å². The third kappa shape index (κ3) is 2.20. The highest BCUT2D eigenvalue weighted by atomic mass is 16.5. The van der Waals surface area contributed by atoms with Crippen molar-refractivity contribution in [2.75, 3.05) is 30.8 Å². The largest absolute Gasteiger partial charge is 0.396 e. The van der Waals surface area contributed by atoms with Gasteiger partial charge in [0.25, 0.3) is 0 Å². The maximum Gasteiger partial charge on any atom is 0.0772 e. The number of hydrogen-bond acceptors (Lipinski definition) is 4. The van der Waals surface area contributed by atoms with E-state index in [1.807, 2.05) is 18.2 Å². The summed E-state index contributed by atoms with van der Waals surface area (Å²) in [5.74, 6) is 0.597. The molecule has 0 aliphatic carbocycles. The van der Waals surface area contributed by atoms with Gasteiger partial charge in [-0.15, -0.1) is 0 Å². The standard InChI is InChI=1S/C16H21N3O/c1-11-7-9-19(10-15(11)20-2)14-6-5-13-12(16(14)17)4-3-8-18-13/h3-6,8,11,15H,7,9-10,17H2,1-2H3. The molecule has 2 atom stereocenters. The van der Waals surface area contributed by atoms with E-state index in [0.29, 0.717) is 5.92 Å². The second kappa shape index (κ2) is 5.29. The van der Waals surface area contributed by atoms with Crippen molar-refractivity contribution in [2.24, 2.45) is 5.92 Å². The van der Waals surface area contributed by atoms with Crippen molar-refractivity contribution in [1.82, 2.24) is 4.98 Å². The van der Waals surface area contributed by atoms with E-state index in [1.165, 1.54) is 0 Å². The van der Waals surface area contributed by atoms with Gasteiger partial charge in [-0.3, -0.25) is 4.98 Å². The molecule has 2 aromatic rings. The average Bonchev–Trinajstić information content (AvgIpc) is 2.49. The maximum atomic E-state index is 6.35. The minimum absolute atomic E-state index is 0.271. The second-order valence-corrected chi connectivity index (χ2v) is 5.55. The van der Waals surface area contributed by atoms with Crippen LogP contribution < -0.4 is 10.6 Å². The lowest BCUT2D eigenvalue weighted by Gasteiger charge is -2.38. The van der Waals surface area contributed by atoms with Crippen molar-refractivity contribution < 1.29 is 4.74 Å². The van der Waals surface area contributed by atoms with Crippen LogP contribution in [0.2, 0.25) is 0 Å². The van der Waals surface area contributed by atoms with Crippen molar-refractivity contribution in [3.8, 4) is 0 Å². The van der Waals surface area contributed by atoms with Crippen molar-refractivity contribution in [3.05, 3.63) is 30.5 Å². The van der Waals surface area contributed by atoms with Crippen molar-refractivity contribution >= 4 is 22.3 Å². The van der Waals surface area contributed by atoms with E-state index in [-0.39, 0.29) is 6.10 Å². The Morgan fingerprint density at radius 1 is 1.35 bits per heavy atom. The number of methoxy groups -OCH3 is 1. The quantitative estimate of drug-likeness (QED) is 0.853. The molecule has 0 amide bonds. The molecular formula is C16H21N3O. The Balaban J connectivity index is 1.96. The topological polar surface area (TPSA) is 51.4 Å². The summed E-state index contributed by atoms with van der Waals surface area (Å²) < 4.78 is 5.59. The first kappa shape index (κ1) is 13.2. The van der Waals surface area contributed by atoms with Gasteiger partial charge in [0, 0.05) is 31.8 Å². The lowest BCUT2D eigenvalue weighted by molar-refractivity contribution is 0.0499. The summed E-state index contributed by atoms with van der Waals surface area (Å²) in [7, 11) is 1.79. The van der Waals surface area contributed by atoms with Crippen LogP contribution in [0.15, 0.2) is 30.5 Å². The van der Waals surface area contributed by atoms with Gasteiger partial charge in [0.2, 0.25) is 0 Å². The molecule has 2 heterocycles. The highest BCUT2D eigenvalue weighted by Gasteiger charge is 2.27. The van der Waals surface area contributed by atoms with Gasteiger partial charge in [0.1, 0.15) is 0 Å². The predicted molar refractivity (Wildman–Crippen MR) is 82.9 cm³/mol. The molecular weight excluding hydrogens is 250 g/mol. The van der Waals surface area contributed by atoms with Crippen LogP contribution in [0.3, 0.4) is 0 Å². The molecule has 3 rings (SSSR count). The summed E-state index contributed by atoms with van der Waals surface area (Å²) in [5.41, 5.74) is 9.21. The zero-order valence-electron chi connectivity index (χ0n) is 12.0. The summed E-state index contributed by atoms with van der Waals surface area (Å²) in [6.45, 7) is 4.17. The van der Waals surface area contributed by atoms with Gasteiger partial charge >= 0.3 is 0 Å². The molecule has 0 saturated carbocycles. The molecule has 1 aliphatic heterocycles. The van der Waals surface area contributed by atoms with Gasteiger partial charge in [0.15, 0.2) is 0 Å². The highest BCUT2D eigenvalue weighted by molar-refractivity contribution is 5.97. The Bertz CT molecular complexity index is 614. The number of nitrogen functional groups attached to an aromatic ring is 1. The third-order valence-electron chi connectivity index (χ3n) is 4.34. The van der Waals surface area contributed by atoms with Crippen LogP contribution in [0, 0.1) is 5.92 Å². The number of piperidine rings is 1. The van der Waals surface area contributed by atoms with Gasteiger partial charge in [-0.1, -0.05) is 6.92 Å².